The third kappa shape index (κ3) is 3.80. The van der Waals surface area contributed by atoms with E-state index in [0.29, 0.717) is 0 Å². The van der Waals surface area contributed by atoms with E-state index in [2.05, 4.69) is 15.6 Å². The van der Waals surface area contributed by atoms with Crippen LogP contribution in [0.5, 0.6) is 0 Å². The number of amides is 2. The maximum absolute atomic E-state index is 12.8. The second-order valence-corrected chi connectivity index (χ2v) is 6.26. The molecule has 4 nitrogen and oxygen atoms in total. The van der Waals surface area contributed by atoms with Crippen LogP contribution in [0.1, 0.15) is 17.2 Å². The van der Waals surface area contributed by atoms with Crippen LogP contribution in [-0.2, 0) is 0 Å². The van der Waals surface area contributed by atoms with E-state index in [4.69, 9.17) is 0 Å². The largest absolute Gasteiger partial charge is 0.327 e. The van der Waals surface area contributed by atoms with Gasteiger partial charge in [-0.1, -0.05) is 72.8 Å². The van der Waals surface area contributed by atoms with Crippen molar-refractivity contribution in [2.24, 2.45) is 0 Å². The van der Waals surface area contributed by atoms with Gasteiger partial charge < -0.3 is 10.6 Å². The van der Waals surface area contributed by atoms with Crippen molar-refractivity contribution in [3.63, 3.8) is 0 Å². The number of carbonyl (C=O) groups is 1. The Morgan fingerprint density at radius 3 is 2.11 bits per heavy atom. The number of nitrogens with zero attached hydrogens (tertiary/aromatic N) is 1. The van der Waals surface area contributed by atoms with Crippen LogP contribution >= 0.6 is 0 Å². The summed E-state index contributed by atoms with van der Waals surface area (Å²) >= 11 is 0. The van der Waals surface area contributed by atoms with Crippen molar-refractivity contribution in [2.45, 2.75) is 6.04 Å². The monoisotopic (exact) mass is 353 g/mol. The van der Waals surface area contributed by atoms with Gasteiger partial charge in [0.1, 0.15) is 0 Å². The molecule has 0 atom stereocenters. The fourth-order valence-electron chi connectivity index (χ4n) is 3.17. The summed E-state index contributed by atoms with van der Waals surface area (Å²) in [4.78, 5) is 16.9. The van der Waals surface area contributed by atoms with E-state index in [9.17, 15) is 4.79 Å². The van der Waals surface area contributed by atoms with Crippen LogP contribution in [0, 0.1) is 0 Å². The van der Waals surface area contributed by atoms with Crippen LogP contribution in [0.2, 0.25) is 0 Å². The molecule has 0 aliphatic heterocycles. The van der Waals surface area contributed by atoms with Crippen molar-refractivity contribution in [1.29, 1.82) is 0 Å². The Morgan fingerprint density at radius 2 is 1.44 bits per heavy atom. The molecular weight excluding hydrogens is 334 g/mol. The summed E-state index contributed by atoms with van der Waals surface area (Å²) in [7, 11) is 0. The SMILES string of the molecule is O=C(Nc1cccc2cnccc12)NC(c1ccccc1)c1ccccc1. The van der Waals surface area contributed by atoms with Gasteiger partial charge in [0.25, 0.3) is 0 Å². The van der Waals surface area contributed by atoms with Crippen molar-refractivity contribution < 1.29 is 4.79 Å². The van der Waals surface area contributed by atoms with Crippen molar-refractivity contribution in [3.05, 3.63) is 108 Å². The summed E-state index contributed by atoms with van der Waals surface area (Å²) in [5.74, 6) is 0. The normalized spacial score (nSPS) is 10.7. The molecule has 2 N–H and O–H groups in total. The zero-order valence-electron chi connectivity index (χ0n) is 14.7. The molecule has 132 valence electrons. The highest BCUT2D eigenvalue weighted by atomic mass is 16.2. The highest BCUT2D eigenvalue weighted by molar-refractivity contribution is 6.01. The molecule has 0 radical (unpaired) electrons. The first kappa shape index (κ1) is 16.8. The summed E-state index contributed by atoms with van der Waals surface area (Å²) in [5, 5.41) is 8.02. The number of anilines is 1. The summed E-state index contributed by atoms with van der Waals surface area (Å²) in [6, 6.07) is 27.1. The zero-order chi connectivity index (χ0) is 18.5. The van der Waals surface area contributed by atoms with Gasteiger partial charge in [0.15, 0.2) is 0 Å². The molecule has 27 heavy (non-hydrogen) atoms. The Bertz CT molecular complexity index is 1000. The maximum atomic E-state index is 12.8. The summed E-state index contributed by atoms with van der Waals surface area (Å²) < 4.78 is 0. The maximum Gasteiger partial charge on any atom is 0.320 e. The lowest BCUT2D eigenvalue weighted by atomic mass is 9.99. The van der Waals surface area contributed by atoms with Gasteiger partial charge in [-0.25, -0.2) is 4.79 Å². The Kier molecular flexibility index (Phi) is 4.79. The lowest BCUT2D eigenvalue weighted by Gasteiger charge is -2.20. The predicted molar refractivity (Wildman–Crippen MR) is 109 cm³/mol. The predicted octanol–water partition coefficient (Wildman–Crippen LogP) is 5.15. The topological polar surface area (TPSA) is 54.0 Å². The lowest BCUT2D eigenvalue weighted by molar-refractivity contribution is 0.250. The van der Waals surface area contributed by atoms with E-state index in [1.807, 2.05) is 84.9 Å². The van der Waals surface area contributed by atoms with E-state index < -0.39 is 0 Å². The molecule has 2 amide bonds. The number of hydrogen-bond donors (Lipinski definition) is 2. The van der Waals surface area contributed by atoms with Gasteiger partial charge in [0, 0.05) is 23.2 Å². The van der Waals surface area contributed by atoms with Crippen LogP contribution in [0.3, 0.4) is 0 Å². The van der Waals surface area contributed by atoms with Gasteiger partial charge in [0.2, 0.25) is 0 Å². The Balaban J connectivity index is 1.60. The average molecular weight is 353 g/mol. The molecule has 0 spiro atoms. The number of nitrogens with one attached hydrogen (secondary N) is 2. The third-order valence-corrected chi connectivity index (χ3v) is 4.47. The van der Waals surface area contributed by atoms with Crippen LogP contribution in [0.4, 0.5) is 10.5 Å². The quantitative estimate of drug-likeness (QED) is 0.533. The van der Waals surface area contributed by atoms with Crippen molar-refractivity contribution in [3.8, 4) is 0 Å². The molecule has 0 bridgehead atoms. The molecule has 0 saturated carbocycles. The smallest absolute Gasteiger partial charge is 0.320 e. The first-order valence-corrected chi connectivity index (χ1v) is 8.81. The van der Waals surface area contributed by atoms with Gasteiger partial charge in [-0.15, -0.1) is 0 Å². The molecule has 0 aliphatic carbocycles. The Hall–Kier alpha value is -3.66. The van der Waals surface area contributed by atoms with Crippen molar-refractivity contribution in [1.82, 2.24) is 10.3 Å². The highest BCUT2D eigenvalue weighted by Gasteiger charge is 2.17. The van der Waals surface area contributed by atoms with Gasteiger partial charge in [-0.05, 0) is 23.3 Å². The first-order chi connectivity index (χ1) is 13.3. The van der Waals surface area contributed by atoms with Crippen molar-refractivity contribution >= 4 is 22.5 Å². The zero-order valence-corrected chi connectivity index (χ0v) is 14.7. The minimum absolute atomic E-state index is 0.232. The van der Waals surface area contributed by atoms with E-state index in [1.54, 1.807) is 12.4 Å². The van der Waals surface area contributed by atoms with E-state index in [-0.39, 0.29) is 12.1 Å². The number of pyridine rings is 1. The molecule has 4 aromatic rings. The number of urea groups is 1. The van der Waals surface area contributed by atoms with Crippen LogP contribution in [-0.4, -0.2) is 11.0 Å². The molecule has 0 unspecified atom stereocenters. The molecule has 4 rings (SSSR count). The number of carbonyl (C=O) groups excluding carboxylic acids is 1. The molecule has 1 heterocycles. The van der Waals surface area contributed by atoms with Crippen LogP contribution in [0.25, 0.3) is 10.8 Å². The van der Waals surface area contributed by atoms with E-state index in [0.717, 1.165) is 27.6 Å². The van der Waals surface area contributed by atoms with Gasteiger partial charge in [-0.2, -0.15) is 0 Å². The van der Waals surface area contributed by atoms with Crippen molar-refractivity contribution in [2.75, 3.05) is 5.32 Å². The summed E-state index contributed by atoms with van der Waals surface area (Å²) in [5.41, 5.74) is 2.81. The van der Waals surface area contributed by atoms with Crippen LogP contribution < -0.4 is 10.6 Å². The Labute approximate surface area is 157 Å². The lowest BCUT2D eigenvalue weighted by Crippen LogP contribution is -2.33. The summed E-state index contributed by atoms with van der Waals surface area (Å²) in [6.45, 7) is 0. The fourth-order valence-corrected chi connectivity index (χ4v) is 3.17. The molecular formula is C23H19N3O. The highest BCUT2D eigenvalue weighted by Crippen LogP contribution is 2.24. The number of rotatable bonds is 4. The molecule has 0 aliphatic rings. The number of benzene rings is 3. The third-order valence-electron chi connectivity index (χ3n) is 4.47. The molecule has 1 aromatic heterocycles. The summed E-state index contributed by atoms with van der Waals surface area (Å²) in [6.07, 6.45) is 3.51. The van der Waals surface area contributed by atoms with Gasteiger partial charge in [0.05, 0.1) is 11.7 Å². The molecule has 0 saturated heterocycles. The Morgan fingerprint density at radius 1 is 0.778 bits per heavy atom. The second kappa shape index (κ2) is 7.70. The number of fused-ring (bicyclic) bond motifs is 1. The molecule has 0 fully saturated rings. The van der Waals surface area contributed by atoms with Gasteiger partial charge in [-0.3, -0.25) is 4.98 Å². The fraction of sp³-hybridized carbons (Fsp3) is 0.0435. The standard InChI is InChI=1S/C23H19N3O/c27-23(25-21-13-7-12-19-16-24-15-14-20(19)21)26-22(17-8-3-1-4-9-17)18-10-5-2-6-11-18/h1-16,22H,(H2,25,26,27). The van der Waals surface area contributed by atoms with E-state index in [1.165, 1.54) is 0 Å². The molecule has 4 heteroatoms. The average Bonchev–Trinajstić information content (AvgIpc) is 2.73. The number of aromatic nitrogens is 1. The van der Waals surface area contributed by atoms with Crippen LogP contribution in [0.15, 0.2) is 97.3 Å². The second-order valence-electron chi connectivity index (χ2n) is 6.26. The minimum Gasteiger partial charge on any atom is -0.327 e. The molecule has 3 aromatic carbocycles. The van der Waals surface area contributed by atoms with Gasteiger partial charge >= 0.3 is 6.03 Å². The minimum atomic E-state index is -0.253. The first-order valence-electron chi connectivity index (χ1n) is 8.81. The van der Waals surface area contributed by atoms with E-state index >= 15 is 0 Å². The number of hydrogen-bond acceptors (Lipinski definition) is 2.